The number of aliphatic hydroxyl groups is 1. The molecule has 0 heterocycles. The average molecular weight is 230 g/mol. The first-order chi connectivity index (χ1) is 8.18. The van der Waals surface area contributed by atoms with Gasteiger partial charge in [-0.05, 0) is 37.3 Å². The van der Waals surface area contributed by atoms with Crippen molar-refractivity contribution in [1.82, 2.24) is 0 Å². The van der Waals surface area contributed by atoms with Crippen LogP contribution in [0.1, 0.15) is 37.9 Å². The van der Waals surface area contributed by atoms with Crippen molar-refractivity contribution >= 4 is 5.78 Å². The number of aliphatic hydroxyl groups excluding tert-OH is 1. The maximum atomic E-state index is 11.3. The van der Waals surface area contributed by atoms with Gasteiger partial charge in [0.15, 0.2) is 0 Å². The Hall–Kier alpha value is -1.41. The summed E-state index contributed by atoms with van der Waals surface area (Å²) < 4.78 is 0. The number of Topliss-reactive ketones (excluding diaryl/α,β-unsaturated/α-hetero) is 1. The minimum atomic E-state index is -0.510. The molecule has 0 amide bonds. The molecule has 0 radical (unpaired) electrons. The number of benzene rings is 1. The van der Waals surface area contributed by atoms with E-state index in [2.05, 4.69) is 0 Å². The highest BCUT2D eigenvalue weighted by Crippen LogP contribution is 2.32. The minimum Gasteiger partial charge on any atom is -0.384 e. The summed E-state index contributed by atoms with van der Waals surface area (Å²) in [5, 5.41) is 10.2. The zero-order chi connectivity index (χ0) is 12.3. The molecule has 2 atom stereocenters. The van der Waals surface area contributed by atoms with Crippen LogP contribution in [0.4, 0.5) is 0 Å². The van der Waals surface area contributed by atoms with Crippen molar-refractivity contribution in [3.8, 4) is 0 Å². The smallest absolute Gasteiger partial charge is 0.133 e. The third-order valence-corrected chi connectivity index (χ3v) is 3.49. The van der Waals surface area contributed by atoms with E-state index in [9.17, 15) is 9.90 Å². The molecule has 1 aromatic rings. The number of carbonyl (C=O) groups is 1. The Balaban J connectivity index is 2.07. The monoisotopic (exact) mass is 230 g/mol. The molecule has 2 nitrogen and oxygen atoms in total. The van der Waals surface area contributed by atoms with Crippen LogP contribution in [0.15, 0.2) is 42.0 Å². The lowest BCUT2D eigenvalue weighted by Gasteiger charge is -2.23. The van der Waals surface area contributed by atoms with Crippen LogP contribution in [0.5, 0.6) is 0 Å². The highest BCUT2D eigenvalue weighted by molar-refractivity contribution is 5.78. The fourth-order valence-electron chi connectivity index (χ4n) is 2.32. The van der Waals surface area contributed by atoms with Crippen LogP contribution in [-0.4, -0.2) is 10.9 Å². The van der Waals surface area contributed by atoms with Crippen LogP contribution in [0, 0.1) is 5.92 Å². The maximum Gasteiger partial charge on any atom is 0.133 e. The lowest BCUT2D eigenvalue weighted by atomic mass is 9.84. The molecule has 0 saturated heterocycles. The van der Waals surface area contributed by atoms with Gasteiger partial charge in [-0.15, -0.1) is 0 Å². The predicted octanol–water partition coefficient (Wildman–Crippen LogP) is 3.04. The van der Waals surface area contributed by atoms with Gasteiger partial charge in [0, 0.05) is 5.92 Å². The van der Waals surface area contributed by atoms with Gasteiger partial charge in [-0.2, -0.15) is 0 Å². The van der Waals surface area contributed by atoms with Gasteiger partial charge in [0.25, 0.3) is 0 Å². The molecule has 17 heavy (non-hydrogen) atoms. The Morgan fingerprint density at radius 2 is 2.06 bits per heavy atom. The van der Waals surface area contributed by atoms with Crippen molar-refractivity contribution in [3.63, 3.8) is 0 Å². The number of allylic oxidation sites excluding steroid dienone is 1. The number of ketones is 1. The van der Waals surface area contributed by atoms with Crippen LogP contribution in [0.25, 0.3) is 0 Å². The largest absolute Gasteiger partial charge is 0.384 e. The van der Waals surface area contributed by atoms with Gasteiger partial charge in [0.2, 0.25) is 0 Å². The van der Waals surface area contributed by atoms with Crippen LogP contribution in [-0.2, 0) is 4.79 Å². The summed E-state index contributed by atoms with van der Waals surface area (Å²) in [7, 11) is 0. The summed E-state index contributed by atoms with van der Waals surface area (Å²) in [6.45, 7) is 1.65. The topological polar surface area (TPSA) is 37.3 Å². The van der Waals surface area contributed by atoms with Gasteiger partial charge in [0.05, 0.1) is 0 Å². The number of hydrogen-bond acceptors (Lipinski definition) is 2. The number of rotatable bonds is 3. The van der Waals surface area contributed by atoms with Gasteiger partial charge in [-0.25, -0.2) is 0 Å². The molecule has 1 aromatic carbocycles. The normalized spacial score (nSPS) is 21.8. The third kappa shape index (κ3) is 2.83. The Morgan fingerprint density at radius 1 is 1.35 bits per heavy atom. The molecule has 0 aromatic heterocycles. The van der Waals surface area contributed by atoms with Gasteiger partial charge in [0.1, 0.15) is 11.9 Å². The standard InChI is InChI=1S/C15H18O2/c1-11(16)12-7-9-14(10-8-12)15(17)13-5-3-2-4-6-13/h2-6,9,12,15,17H,7-8,10H2,1H3. The van der Waals surface area contributed by atoms with E-state index in [1.165, 1.54) is 0 Å². The SMILES string of the molecule is CC(=O)C1CC=C(C(O)c2ccccc2)CC1. The Kier molecular flexibility index (Phi) is 3.75. The van der Waals surface area contributed by atoms with Crippen molar-refractivity contribution in [3.05, 3.63) is 47.5 Å². The van der Waals surface area contributed by atoms with Gasteiger partial charge >= 0.3 is 0 Å². The summed E-state index contributed by atoms with van der Waals surface area (Å²) in [5.74, 6) is 0.413. The molecule has 0 spiro atoms. The molecule has 0 saturated carbocycles. The van der Waals surface area contributed by atoms with Crippen molar-refractivity contribution in [2.24, 2.45) is 5.92 Å². The summed E-state index contributed by atoms with van der Waals surface area (Å²) in [6, 6.07) is 9.67. The molecule has 1 aliphatic rings. The van der Waals surface area contributed by atoms with Gasteiger partial charge in [-0.1, -0.05) is 36.4 Å². The van der Waals surface area contributed by atoms with Gasteiger partial charge < -0.3 is 5.11 Å². The first kappa shape index (κ1) is 12.1. The average Bonchev–Trinajstić information content (AvgIpc) is 2.39. The van der Waals surface area contributed by atoms with E-state index < -0.39 is 6.10 Å². The molecule has 1 N–H and O–H groups in total. The van der Waals surface area contributed by atoms with Crippen LogP contribution in [0.2, 0.25) is 0 Å². The van der Waals surface area contributed by atoms with E-state index >= 15 is 0 Å². The lowest BCUT2D eigenvalue weighted by Crippen LogP contribution is -2.16. The van der Waals surface area contributed by atoms with E-state index in [-0.39, 0.29) is 11.7 Å². The number of hydrogen-bond donors (Lipinski definition) is 1. The predicted molar refractivity (Wildman–Crippen MR) is 67.5 cm³/mol. The Bertz CT molecular complexity index is 420. The molecule has 1 aliphatic carbocycles. The van der Waals surface area contributed by atoms with Gasteiger partial charge in [-0.3, -0.25) is 4.79 Å². The summed E-state index contributed by atoms with van der Waals surface area (Å²) >= 11 is 0. The summed E-state index contributed by atoms with van der Waals surface area (Å²) in [4.78, 5) is 11.3. The van der Waals surface area contributed by atoms with Crippen molar-refractivity contribution in [2.75, 3.05) is 0 Å². The van der Waals surface area contributed by atoms with Crippen LogP contribution < -0.4 is 0 Å². The number of carbonyl (C=O) groups excluding carboxylic acids is 1. The Morgan fingerprint density at radius 3 is 2.59 bits per heavy atom. The quantitative estimate of drug-likeness (QED) is 0.810. The summed E-state index contributed by atoms with van der Waals surface area (Å²) in [5.41, 5.74) is 1.98. The van der Waals surface area contributed by atoms with E-state index in [4.69, 9.17) is 0 Å². The summed E-state index contributed by atoms with van der Waals surface area (Å²) in [6.07, 6.45) is 3.98. The second kappa shape index (κ2) is 5.28. The zero-order valence-corrected chi connectivity index (χ0v) is 10.1. The van der Waals surface area contributed by atoms with Crippen molar-refractivity contribution in [1.29, 1.82) is 0 Å². The zero-order valence-electron chi connectivity index (χ0n) is 10.1. The molecule has 2 rings (SSSR count). The van der Waals surface area contributed by atoms with E-state index in [0.29, 0.717) is 0 Å². The third-order valence-electron chi connectivity index (χ3n) is 3.49. The molecule has 0 aliphatic heterocycles. The highest BCUT2D eigenvalue weighted by Gasteiger charge is 2.22. The second-order valence-electron chi connectivity index (χ2n) is 4.67. The molecule has 2 unspecified atom stereocenters. The fraction of sp³-hybridized carbons (Fsp3) is 0.400. The van der Waals surface area contributed by atoms with Crippen LogP contribution >= 0.6 is 0 Å². The fourth-order valence-corrected chi connectivity index (χ4v) is 2.32. The molecule has 0 fully saturated rings. The molecular formula is C15H18O2. The van der Waals surface area contributed by atoms with E-state index in [1.54, 1.807) is 6.92 Å². The molecule has 90 valence electrons. The second-order valence-corrected chi connectivity index (χ2v) is 4.67. The molecule has 0 bridgehead atoms. The maximum absolute atomic E-state index is 11.3. The van der Waals surface area contributed by atoms with E-state index in [0.717, 1.165) is 30.4 Å². The van der Waals surface area contributed by atoms with Crippen molar-refractivity contribution < 1.29 is 9.90 Å². The van der Waals surface area contributed by atoms with E-state index in [1.807, 2.05) is 36.4 Å². The van der Waals surface area contributed by atoms with Crippen LogP contribution in [0.3, 0.4) is 0 Å². The lowest BCUT2D eigenvalue weighted by molar-refractivity contribution is -0.120. The van der Waals surface area contributed by atoms with Crippen molar-refractivity contribution in [2.45, 2.75) is 32.3 Å². The molecule has 2 heteroatoms. The highest BCUT2D eigenvalue weighted by atomic mass is 16.3. The first-order valence-corrected chi connectivity index (χ1v) is 6.11. The minimum absolute atomic E-state index is 0.154. The first-order valence-electron chi connectivity index (χ1n) is 6.11. The molecular weight excluding hydrogens is 212 g/mol. The Labute approximate surface area is 102 Å².